The standard InChI is InChI=1S/C49H63N3O7/c1-29-19-41(30-10-7-12-36(55)22-30)42-24-33-21-35(52-49(50)51)11-8-16-40-31(17-18-37(56)23-34(27-54)39-15-6-3-9-32(39)26-53)25-45(59-38-13-4-5-14-38)48(57)47(40)46(43(42)20-29)44(33)28-58-2/h3,7,9-10,12,22-25,29,32-33,35,38-39,41,43-44,46,53-55,57H,4-6,11,13-15,17-21,26-28H2,1-2H3,(H4,50,51,52)/t29-,32+,33+,35-,39+,41+,43+,44-,46-/m0/s1. The number of fused-ring (bicyclic) bond motifs is 6. The Bertz CT molecular complexity index is 2020. The number of ketones is 1. The number of allylic oxidation sites excluding steroid dienone is 4. The molecule has 0 heterocycles. The van der Waals surface area contributed by atoms with Crippen molar-refractivity contribution >= 4 is 11.7 Å². The average Bonchev–Trinajstić information content (AvgIpc) is 3.73. The number of aliphatic imine (C=N–C) groups is 1. The molecule has 10 heteroatoms. The Balaban J connectivity index is 1.39. The Labute approximate surface area is 349 Å². The summed E-state index contributed by atoms with van der Waals surface area (Å²) in [6.07, 6.45) is 16.9. The zero-order valence-corrected chi connectivity index (χ0v) is 34.7. The molecule has 5 aliphatic rings. The Morgan fingerprint density at radius 2 is 1.88 bits per heavy atom. The molecule has 0 spiro atoms. The minimum absolute atomic E-state index is 0.00924. The van der Waals surface area contributed by atoms with Crippen LogP contribution < -0.4 is 16.2 Å². The van der Waals surface area contributed by atoms with Crippen LogP contribution in [0, 0.1) is 47.3 Å². The van der Waals surface area contributed by atoms with Crippen molar-refractivity contribution in [1.82, 2.24) is 0 Å². The first-order chi connectivity index (χ1) is 28.6. The van der Waals surface area contributed by atoms with E-state index in [0.717, 1.165) is 68.1 Å². The van der Waals surface area contributed by atoms with Gasteiger partial charge in [-0.25, -0.2) is 4.99 Å². The molecule has 2 aromatic carbocycles. The maximum absolute atomic E-state index is 13.9. The second-order valence-electron chi connectivity index (χ2n) is 17.8. The van der Waals surface area contributed by atoms with Gasteiger partial charge in [0.05, 0.1) is 25.4 Å². The molecule has 0 aromatic heterocycles. The third kappa shape index (κ3) is 9.59. The van der Waals surface area contributed by atoms with Gasteiger partial charge in [0.2, 0.25) is 0 Å². The molecule has 5 aliphatic carbocycles. The molecule has 0 unspecified atom stereocenters. The third-order valence-corrected chi connectivity index (χ3v) is 13.7. The van der Waals surface area contributed by atoms with Gasteiger partial charge in [0.25, 0.3) is 0 Å². The van der Waals surface area contributed by atoms with Crippen LogP contribution in [0.4, 0.5) is 0 Å². The number of aromatic hydroxyl groups is 2. The van der Waals surface area contributed by atoms with Crippen LogP contribution in [0.5, 0.6) is 17.2 Å². The number of hydrogen-bond acceptors (Lipinski definition) is 8. The number of guanidine groups is 1. The lowest BCUT2D eigenvalue weighted by atomic mass is 9.55. The zero-order valence-electron chi connectivity index (χ0n) is 34.7. The van der Waals surface area contributed by atoms with Gasteiger partial charge in [-0.3, -0.25) is 4.79 Å². The van der Waals surface area contributed by atoms with E-state index in [2.05, 4.69) is 35.9 Å². The van der Waals surface area contributed by atoms with Crippen LogP contribution in [0.1, 0.15) is 112 Å². The van der Waals surface area contributed by atoms with Crippen molar-refractivity contribution in [2.45, 2.75) is 108 Å². The van der Waals surface area contributed by atoms with Crippen molar-refractivity contribution in [2.24, 2.45) is 52.0 Å². The van der Waals surface area contributed by atoms with Crippen LogP contribution in [-0.4, -0.2) is 71.2 Å². The molecule has 2 bridgehead atoms. The summed E-state index contributed by atoms with van der Waals surface area (Å²) in [5, 5.41) is 43.8. The van der Waals surface area contributed by atoms with Crippen molar-refractivity contribution in [3.8, 4) is 29.1 Å². The minimum Gasteiger partial charge on any atom is -0.508 e. The van der Waals surface area contributed by atoms with Crippen LogP contribution >= 0.6 is 0 Å². The number of phenols is 2. The molecule has 2 fully saturated rings. The van der Waals surface area contributed by atoms with Gasteiger partial charge in [0, 0.05) is 55.4 Å². The first-order valence-corrected chi connectivity index (χ1v) is 21.8. The second kappa shape index (κ2) is 19.2. The molecular weight excluding hydrogens is 743 g/mol. The number of rotatable bonds is 13. The highest BCUT2D eigenvalue weighted by Gasteiger charge is 2.48. The van der Waals surface area contributed by atoms with Crippen molar-refractivity contribution in [3.05, 3.63) is 88.0 Å². The number of benzene rings is 2. The van der Waals surface area contributed by atoms with Gasteiger partial charge >= 0.3 is 0 Å². The predicted octanol–water partition coefficient (Wildman–Crippen LogP) is 6.93. The fraction of sp³-hybridized carbons (Fsp3) is 0.551. The number of nitrogens with two attached hydrogens (primary N) is 2. The van der Waals surface area contributed by atoms with Crippen molar-refractivity contribution < 1.29 is 34.7 Å². The van der Waals surface area contributed by atoms with E-state index in [1.165, 1.54) is 5.57 Å². The molecule has 0 radical (unpaired) electrons. The van der Waals surface area contributed by atoms with Crippen molar-refractivity contribution in [3.63, 3.8) is 0 Å². The van der Waals surface area contributed by atoms with Crippen molar-refractivity contribution in [1.29, 1.82) is 0 Å². The number of nitrogens with zero attached hydrogens (tertiary/aromatic N) is 1. The van der Waals surface area contributed by atoms with E-state index in [4.69, 9.17) is 20.9 Å². The number of hydrogen-bond donors (Lipinski definition) is 6. The van der Waals surface area contributed by atoms with Gasteiger partial charge in [-0.1, -0.05) is 54.7 Å². The number of methoxy groups -OCH3 is 1. The summed E-state index contributed by atoms with van der Waals surface area (Å²) in [6, 6.07) is 9.21. The highest BCUT2D eigenvalue weighted by molar-refractivity contribution is 5.90. The minimum atomic E-state index is -0.280. The van der Waals surface area contributed by atoms with E-state index in [0.29, 0.717) is 48.7 Å². The molecule has 2 saturated carbocycles. The Kier molecular flexibility index (Phi) is 13.9. The number of aliphatic hydroxyl groups excluding tert-OH is 2. The molecule has 8 N–H and O–H groups in total. The molecule has 59 heavy (non-hydrogen) atoms. The largest absolute Gasteiger partial charge is 0.508 e. The zero-order chi connectivity index (χ0) is 41.6. The lowest BCUT2D eigenvalue weighted by Crippen LogP contribution is -2.41. The van der Waals surface area contributed by atoms with Crippen LogP contribution in [0.3, 0.4) is 0 Å². The molecule has 10 nitrogen and oxygen atoms in total. The third-order valence-electron chi connectivity index (χ3n) is 13.7. The summed E-state index contributed by atoms with van der Waals surface area (Å²) in [5.74, 6) is 7.46. The second-order valence-corrected chi connectivity index (χ2v) is 17.8. The van der Waals surface area contributed by atoms with E-state index in [-0.39, 0.29) is 96.4 Å². The molecule has 0 amide bonds. The summed E-state index contributed by atoms with van der Waals surface area (Å²) in [5.41, 5.74) is 17.3. The van der Waals surface area contributed by atoms with E-state index < -0.39 is 0 Å². The molecule has 0 aliphatic heterocycles. The van der Waals surface area contributed by atoms with Gasteiger partial charge in [0.1, 0.15) is 5.75 Å². The maximum atomic E-state index is 13.9. The number of carbonyl (C=O) groups is 1. The van der Waals surface area contributed by atoms with E-state index >= 15 is 0 Å². The molecule has 7 rings (SSSR count). The molecule has 2 aromatic rings. The summed E-state index contributed by atoms with van der Waals surface area (Å²) >= 11 is 0. The summed E-state index contributed by atoms with van der Waals surface area (Å²) in [4.78, 5) is 18.5. The predicted molar refractivity (Wildman–Crippen MR) is 230 cm³/mol. The molecule has 316 valence electrons. The number of aliphatic hydroxyl groups is 2. The summed E-state index contributed by atoms with van der Waals surface area (Å²) in [6.45, 7) is 2.43. The summed E-state index contributed by atoms with van der Waals surface area (Å²) in [7, 11) is 1.73. The van der Waals surface area contributed by atoms with Gasteiger partial charge in [0.15, 0.2) is 23.2 Å². The number of aryl methyl sites for hydroxylation is 1. The lowest BCUT2D eigenvalue weighted by molar-refractivity contribution is -0.114. The smallest absolute Gasteiger partial charge is 0.186 e. The monoisotopic (exact) mass is 805 g/mol. The van der Waals surface area contributed by atoms with E-state index in [1.807, 2.05) is 30.4 Å². The first kappa shape index (κ1) is 42.6. The SMILES string of the molecule is COC[C@@H]1[C@H]2c3c(O)c(OC4CCCC4)cc(CCC(=O)C=C(CO)[C@@H]4CCC=C[C@@H]4CO)c3C#CC[C@H](N=C(N)N)C[C@@H]1C=C1[C@H]2C[C@@H](C)C[C@@H]1c1cccc(O)c1. The van der Waals surface area contributed by atoms with Crippen LogP contribution in [0.25, 0.3) is 0 Å². The number of ether oxygens (including phenoxy) is 2. The Morgan fingerprint density at radius 1 is 1.07 bits per heavy atom. The van der Waals surface area contributed by atoms with Gasteiger partial charge < -0.3 is 41.4 Å². The van der Waals surface area contributed by atoms with Gasteiger partial charge in [-0.15, -0.1) is 0 Å². The molecular formula is C49H63N3O7. The van der Waals surface area contributed by atoms with Crippen LogP contribution in [-0.2, 0) is 16.0 Å². The van der Waals surface area contributed by atoms with E-state index in [1.54, 1.807) is 19.3 Å². The normalized spacial score (nSPS) is 29.3. The number of phenolic OH excluding ortho intramolecular Hbond substituents is 2. The molecule has 9 atom stereocenters. The van der Waals surface area contributed by atoms with E-state index in [9.17, 15) is 25.2 Å². The fourth-order valence-corrected chi connectivity index (χ4v) is 11.1. The van der Waals surface area contributed by atoms with Crippen LogP contribution in [0.2, 0.25) is 0 Å². The highest BCUT2D eigenvalue weighted by Crippen LogP contribution is 2.59. The fourth-order valence-electron chi connectivity index (χ4n) is 11.1. The van der Waals surface area contributed by atoms with Gasteiger partial charge in [-0.05, 0) is 135 Å². The molecule has 0 saturated heterocycles. The maximum Gasteiger partial charge on any atom is 0.186 e. The first-order valence-electron chi connectivity index (χ1n) is 21.8. The topological polar surface area (TPSA) is 181 Å². The Hall–Kier alpha value is -4.56. The van der Waals surface area contributed by atoms with Gasteiger partial charge in [-0.2, -0.15) is 0 Å². The quantitative estimate of drug-likeness (QED) is 0.0411. The summed E-state index contributed by atoms with van der Waals surface area (Å²) < 4.78 is 12.8. The number of carbonyl (C=O) groups excluding carboxylic acids is 1. The Morgan fingerprint density at radius 3 is 2.61 bits per heavy atom. The van der Waals surface area contributed by atoms with Crippen LogP contribution in [0.15, 0.2) is 70.8 Å². The highest BCUT2D eigenvalue weighted by atomic mass is 16.5. The lowest BCUT2D eigenvalue weighted by Gasteiger charge is -2.49. The van der Waals surface area contributed by atoms with Crippen molar-refractivity contribution in [2.75, 3.05) is 26.9 Å². The average molecular weight is 806 g/mol.